The highest BCUT2D eigenvalue weighted by Crippen LogP contribution is 2.38. The van der Waals surface area contributed by atoms with Gasteiger partial charge in [-0.15, -0.1) is 10.2 Å². The molecule has 3 N–H and O–H groups in total. The Bertz CT molecular complexity index is 2010. The number of hydrogen-bond donors (Lipinski definition) is 3. The Hall–Kier alpha value is -5.08. The number of nitrogens with one attached hydrogen (secondary N) is 2. The highest BCUT2D eigenvalue weighted by Gasteiger charge is 2.45. The number of carbonyl (C=O) groups excluding carboxylic acids is 4. The quantitative estimate of drug-likeness (QED) is 0.304. The molecule has 6 aliphatic heterocycles. The summed E-state index contributed by atoms with van der Waals surface area (Å²) in [5, 5.41) is 25.1. The predicted molar refractivity (Wildman–Crippen MR) is 207 cm³/mol. The van der Waals surface area contributed by atoms with E-state index in [1.165, 1.54) is 12.8 Å². The number of benzene rings is 2. The number of rotatable bonds is 7. The minimum Gasteiger partial charge on any atom is -0.507 e. The van der Waals surface area contributed by atoms with Crippen LogP contribution < -0.4 is 20.4 Å². The molecule has 0 saturated carbocycles. The van der Waals surface area contributed by atoms with Crippen molar-refractivity contribution in [2.45, 2.75) is 63.6 Å². The lowest BCUT2D eigenvalue weighted by Gasteiger charge is -2.49. The van der Waals surface area contributed by atoms with Gasteiger partial charge < -0.3 is 25.1 Å². The summed E-state index contributed by atoms with van der Waals surface area (Å²) >= 11 is 0. The fourth-order valence-electron chi connectivity index (χ4n) is 9.81. The van der Waals surface area contributed by atoms with Gasteiger partial charge in [-0.2, -0.15) is 0 Å². The molecule has 4 amide bonds. The summed E-state index contributed by atoms with van der Waals surface area (Å²) in [6, 6.07) is 14.7. The van der Waals surface area contributed by atoms with Crippen LogP contribution in [0.25, 0.3) is 11.3 Å². The van der Waals surface area contributed by atoms with Crippen LogP contribution in [0.1, 0.15) is 66.2 Å². The molecular weight excluding hydrogens is 699 g/mol. The number of para-hydroxylation sites is 1. The lowest BCUT2D eigenvalue weighted by atomic mass is 9.87. The number of piperazine rings is 1. The van der Waals surface area contributed by atoms with Crippen LogP contribution in [0.2, 0.25) is 0 Å². The summed E-state index contributed by atoms with van der Waals surface area (Å²) < 4.78 is 0. The summed E-state index contributed by atoms with van der Waals surface area (Å²) in [5.74, 6) is 0.422. The van der Waals surface area contributed by atoms with Crippen LogP contribution in [0, 0.1) is 11.8 Å². The number of phenols is 1. The normalized spacial score (nSPS) is 24.6. The van der Waals surface area contributed by atoms with Gasteiger partial charge in [0.2, 0.25) is 11.8 Å². The largest absolute Gasteiger partial charge is 0.507 e. The molecule has 4 fully saturated rings. The van der Waals surface area contributed by atoms with Crippen molar-refractivity contribution in [1.82, 2.24) is 30.2 Å². The molecule has 7 heterocycles. The molecule has 0 radical (unpaired) electrons. The van der Waals surface area contributed by atoms with Crippen molar-refractivity contribution in [3.8, 4) is 17.0 Å². The number of fused-ring (bicyclic) bond motifs is 4. The molecule has 4 saturated heterocycles. The first-order valence-electron chi connectivity index (χ1n) is 20.0. The van der Waals surface area contributed by atoms with Gasteiger partial charge in [-0.1, -0.05) is 12.1 Å². The van der Waals surface area contributed by atoms with Crippen molar-refractivity contribution in [3.63, 3.8) is 0 Å². The van der Waals surface area contributed by atoms with Gasteiger partial charge in [0, 0.05) is 69.5 Å². The van der Waals surface area contributed by atoms with E-state index in [0.717, 1.165) is 93.8 Å². The number of nitrogens with zero attached hydrogens (tertiary/aromatic N) is 7. The van der Waals surface area contributed by atoms with Crippen molar-refractivity contribution >= 4 is 40.8 Å². The Morgan fingerprint density at radius 3 is 2.40 bits per heavy atom. The Morgan fingerprint density at radius 2 is 1.62 bits per heavy atom. The van der Waals surface area contributed by atoms with Crippen LogP contribution in [0.15, 0.2) is 48.5 Å². The first-order valence-corrected chi connectivity index (χ1v) is 20.0. The first kappa shape index (κ1) is 35.6. The number of phenolic OH excluding ortho intramolecular Hbond substituents is 1. The van der Waals surface area contributed by atoms with Gasteiger partial charge in [0.05, 0.1) is 28.6 Å². The maximum Gasteiger partial charge on any atom is 0.262 e. The molecule has 9 rings (SSSR count). The average Bonchev–Trinajstić information content (AvgIpc) is 3.45. The monoisotopic (exact) mass is 747 g/mol. The summed E-state index contributed by atoms with van der Waals surface area (Å²) in [6.07, 6.45) is 4.83. The molecule has 3 atom stereocenters. The van der Waals surface area contributed by atoms with E-state index in [4.69, 9.17) is 0 Å². The summed E-state index contributed by atoms with van der Waals surface area (Å²) in [7, 11) is 0. The standard InChI is InChI=1S/C41H49N9O5/c1-25(48-18-19-49-29(24-48)22-42-38-35(49)21-33(44-45-38)31-4-2-3-5-36(31)51)27-12-14-46(15-13-27)23-26-10-16-47(17-11-26)28-6-7-30-32(20-28)41(55)50(40(30)54)34-8-9-37(52)43-39(34)53/h2-7,20-21,25-27,29,34,51H,8-19,22-24H2,1H3,(H,42,45)(H,43,52,53)/t25?,29-,34?/m0/s1. The fraction of sp³-hybridized carbons (Fsp3) is 0.512. The molecule has 288 valence electrons. The van der Waals surface area contributed by atoms with Crippen LogP contribution in [0.5, 0.6) is 5.75 Å². The van der Waals surface area contributed by atoms with Crippen molar-refractivity contribution in [2.75, 3.05) is 74.0 Å². The van der Waals surface area contributed by atoms with E-state index in [9.17, 15) is 24.3 Å². The van der Waals surface area contributed by atoms with E-state index < -0.39 is 23.8 Å². The van der Waals surface area contributed by atoms with Crippen molar-refractivity contribution in [2.24, 2.45) is 11.8 Å². The third-order valence-corrected chi connectivity index (χ3v) is 13.1. The maximum atomic E-state index is 13.4. The molecule has 14 nitrogen and oxygen atoms in total. The summed E-state index contributed by atoms with van der Waals surface area (Å²) in [4.78, 5) is 61.7. The highest BCUT2D eigenvalue weighted by molar-refractivity contribution is 6.23. The van der Waals surface area contributed by atoms with E-state index in [2.05, 4.69) is 53.4 Å². The first-order chi connectivity index (χ1) is 26.7. The second kappa shape index (κ2) is 14.5. The fourth-order valence-corrected chi connectivity index (χ4v) is 9.81. The molecule has 1 aromatic heterocycles. The highest BCUT2D eigenvalue weighted by atomic mass is 16.3. The third-order valence-electron chi connectivity index (χ3n) is 13.1. The summed E-state index contributed by atoms with van der Waals surface area (Å²) in [6.45, 7) is 11.4. The van der Waals surface area contributed by atoms with Crippen LogP contribution >= 0.6 is 0 Å². The van der Waals surface area contributed by atoms with Gasteiger partial charge >= 0.3 is 0 Å². The Kier molecular flexibility index (Phi) is 9.41. The second-order valence-corrected chi connectivity index (χ2v) is 16.2. The Balaban J connectivity index is 0.744. The zero-order chi connectivity index (χ0) is 37.8. The van der Waals surface area contributed by atoms with Crippen LogP contribution in [0.4, 0.5) is 17.2 Å². The Labute approximate surface area is 320 Å². The van der Waals surface area contributed by atoms with Gasteiger partial charge in [-0.3, -0.25) is 34.3 Å². The molecule has 0 bridgehead atoms. The number of anilines is 3. The number of carbonyl (C=O) groups is 4. The number of hydrogen-bond acceptors (Lipinski definition) is 12. The van der Waals surface area contributed by atoms with E-state index in [1.54, 1.807) is 18.2 Å². The molecule has 3 aromatic rings. The summed E-state index contributed by atoms with van der Waals surface area (Å²) in [5.41, 5.74) is 4.03. The van der Waals surface area contributed by atoms with E-state index in [0.29, 0.717) is 46.3 Å². The lowest BCUT2D eigenvalue weighted by Crippen LogP contribution is -2.60. The zero-order valence-corrected chi connectivity index (χ0v) is 31.3. The van der Waals surface area contributed by atoms with E-state index in [-0.39, 0.29) is 24.5 Å². The number of imide groups is 2. The number of likely N-dealkylation sites (tertiary alicyclic amines) is 1. The van der Waals surface area contributed by atoms with Crippen LogP contribution in [-0.2, 0) is 9.59 Å². The van der Waals surface area contributed by atoms with Crippen molar-refractivity contribution in [3.05, 3.63) is 59.7 Å². The maximum absolute atomic E-state index is 13.4. The van der Waals surface area contributed by atoms with Gasteiger partial charge in [0.15, 0.2) is 5.82 Å². The number of aromatic nitrogens is 2. The topological polar surface area (TPSA) is 155 Å². The van der Waals surface area contributed by atoms with Gasteiger partial charge in [-0.05, 0) is 100 Å². The van der Waals surface area contributed by atoms with Gasteiger partial charge in [0.25, 0.3) is 11.8 Å². The number of aromatic hydroxyl groups is 1. The molecule has 2 unspecified atom stereocenters. The predicted octanol–water partition coefficient (Wildman–Crippen LogP) is 3.18. The van der Waals surface area contributed by atoms with Crippen LogP contribution in [0.3, 0.4) is 0 Å². The molecule has 2 aromatic carbocycles. The lowest BCUT2D eigenvalue weighted by molar-refractivity contribution is -0.136. The second-order valence-electron chi connectivity index (χ2n) is 16.2. The minimum absolute atomic E-state index is 0.107. The molecular formula is C41H49N9O5. The van der Waals surface area contributed by atoms with E-state index >= 15 is 0 Å². The molecule has 0 spiro atoms. The SMILES string of the molecule is CC(C1CCN(CC2CCN(c3ccc4c(c3)C(=O)N(C3CCC(=O)NC3=O)C4=O)CC2)CC1)N1CCN2c3cc(-c4ccccc4O)nnc3NC[C@H]2C1. The molecule has 0 aliphatic carbocycles. The van der Waals surface area contributed by atoms with Gasteiger partial charge in [0.1, 0.15) is 11.8 Å². The smallest absolute Gasteiger partial charge is 0.262 e. The molecule has 14 heteroatoms. The van der Waals surface area contributed by atoms with Crippen LogP contribution in [-0.4, -0.2) is 131 Å². The average molecular weight is 748 g/mol. The van der Waals surface area contributed by atoms with Crippen molar-refractivity contribution < 1.29 is 24.3 Å². The minimum atomic E-state index is -0.954. The Morgan fingerprint density at radius 1 is 0.836 bits per heavy atom. The number of piperidine rings is 3. The van der Waals surface area contributed by atoms with E-state index in [1.807, 2.05) is 24.3 Å². The number of amides is 4. The molecule has 6 aliphatic rings. The molecule has 55 heavy (non-hydrogen) atoms. The zero-order valence-electron chi connectivity index (χ0n) is 31.3. The van der Waals surface area contributed by atoms with Gasteiger partial charge in [-0.25, -0.2) is 0 Å². The van der Waals surface area contributed by atoms with Crippen molar-refractivity contribution in [1.29, 1.82) is 0 Å². The third kappa shape index (κ3) is 6.69.